The molecule has 17 N–H and O–H groups in total. The Labute approximate surface area is 363 Å². The molecule has 0 aliphatic heterocycles. The van der Waals surface area contributed by atoms with Crippen LogP contribution < -0.4 is 22.5 Å². The summed E-state index contributed by atoms with van der Waals surface area (Å²) in [6.45, 7) is -2.51. The Kier molecular flexibility index (Phi) is 21.8. The summed E-state index contributed by atoms with van der Waals surface area (Å²) in [5.41, 5.74) is 21.1. The Morgan fingerprint density at radius 3 is 1.69 bits per heavy atom. The molecule has 0 fully saturated rings. The van der Waals surface area contributed by atoms with Gasteiger partial charge in [-0.3, -0.25) is 24.8 Å². The van der Waals surface area contributed by atoms with Crippen LogP contribution in [0.5, 0.6) is 0 Å². The van der Waals surface area contributed by atoms with Crippen molar-refractivity contribution in [3.8, 4) is 11.1 Å². The van der Waals surface area contributed by atoms with Gasteiger partial charge in [-0.15, -0.1) is 0 Å². The second kappa shape index (κ2) is 26.1. The third-order valence-electron chi connectivity index (χ3n) is 9.80. The lowest BCUT2D eigenvalue weighted by molar-refractivity contribution is -0.145. The molecule has 0 saturated carbocycles. The fourth-order valence-corrected chi connectivity index (χ4v) is 6.23. The van der Waals surface area contributed by atoms with Crippen LogP contribution >= 0.6 is 11.6 Å². The Morgan fingerprint density at radius 2 is 1.19 bits per heavy atom. The summed E-state index contributed by atoms with van der Waals surface area (Å²) in [5.74, 6) is -1.71. The first-order chi connectivity index (χ1) is 29.4. The number of ether oxygens (including phenoxy) is 1. The Hall–Kier alpha value is -4.62. The highest BCUT2D eigenvalue weighted by Crippen LogP contribution is 2.22. The van der Waals surface area contributed by atoms with Crippen LogP contribution in [0.1, 0.15) is 47.3 Å². The van der Waals surface area contributed by atoms with Gasteiger partial charge in [0.2, 0.25) is 0 Å². The van der Waals surface area contributed by atoms with E-state index in [9.17, 15) is 50.4 Å². The van der Waals surface area contributed by atoms with E-state index in [0.717, 1.165) is 41.5 Å². The van der Waals surface area contributed by atoms with Crippen LogP contribution in [0.25, 0.3) is 11.1 Å². The quantitative estimate of drug-likeness (QED) is 0.0166. The number of nitrogens with one attached hydrogen (secondary N) is 1. The molecule has 0 bridgehead atoms. The van der Waals surface area contributed by atoms with E-state index in [2.05, 4.69) is 32.4 Å². The van der Waals surface area contributed by atoms with Crippen LogP contribution in [0.15, 0.2) is 53.5 Å². The van der Waals surface area contributed by atoms with Gasteiger partial charge >= 0.3 is 5.97 Å². The van der Waals surface area contributed by atoms with Crippen molar-refractivity contribution in [3.63, 3.8) is 0 Å². The van der Waals surface area contributed by atoms with Crippen LogP contribution in [-0.2, 0) is 22.4 Å². The maximum Gasteiger partial charge on any atom is 0.307 e. The predicted molar refractivity (Wildman–Crippen MR) is 227 cm³/mol. The van der Waals surface area contributed by atoms with Crippen molar-refractivity contribution in [1.82, 2.24) is 20.2 Å². The number of halogens is 1. The maximum atomic E-state index is 12.6. The number of aryl methyl sites for hydroxylation is 2. The molecule has 8 atom stereocenters. The molecule has 1 aromatic heterocycles. The van der Waals surface area contributed by atoms with Gasteiger partial charge in [-0.25, -0.2) is 9.97 Å². The minimum Gasteiger partial charge on any atom is -0.466 e. The fraction of sp³-hybridized carbons (Fsp3) is 0.525. The van der Waals surface area contributed by atoms with Crippen molar-refractivity contribution in [2.45, 2.75) is 87.4 Å². The normalized spacial score (nSPS) is 15.9. The van der Waals surface area contributed by atoms with Crippen LogP contribution in [0, 0.1) is 0 Å². The number of aliphatic hydroxyl groups excluding tert-OH is 10. The number of anilines is 2. The fourth-order valence-electron chi connectivity index (χ4n) is 6.10. The van der Waals surface area contributed by atoms with Gasteiger partial charge in [0.05, 0.1) is 38.4 Å². The number of hydrogen-bond donors (Lipinski definition) is 14. The zero-order valence-electron chi connectivity index (χ0n) is 34.0. The number of carbonyl (C=O) groups is 2. The van der Waals surface area contributed by atoms with E-state index in [-0.39, 0.29) is 48.0 Å². The first-order valence-corrected chi connectivity index (χ1v) is 20.3. The summed E-state index contributed by atoms with van der Waals surface area (Å²) >= 11 is 5.82. The molecule has 0 spiro atoms. The molecule has 0 unspecified atom stereocenters. The number of guanidine groups is 1. The van der Waals surface area contributed by atoms with Gasteiger partial charge in [0.1, 0.15) is 36.6 Å². The number of amides is 1. The number of aliphatic imine (C=N–C) groups is 1. The summed E-state index contributed by atoms with van der Waals surface area (Å²) in [4.78, 5) is 38.0. The number of aromatic nitrogens is 2. The minimum absolute atomic E-state index is 0.0862. The van der Waals surface area contributed by atoms with E-state index in [1.807, 2.05) is 36.4 Å². The number of nitrogens with zero attached hydrogens (tertiary/aromatic N) is 4. The third kappa shape index (κ3) is 16.6. The smallest absolute Gasteiger partial charge is 0.307 e. The van der Waals surface area contributed by atoms with E-state index in [1.54, 1.807) is 0 Å². The molecular formula is C40H59ClN8O13. The first kappa shape index (κ1) is 51.7. The Balaban J connectivity index is 1.41. The number of aliphatic hydroxyl groups is 10. The SMILES string of the molecule is NC(=NCCCCc1ccc(-c2ccc(CCCOC(=O)CCN(C[C@H](O)[C@@H](O)[C@H](O)[C@H](O)CO)C[C@H](O)[C@@H](O)[C@H](O)[C@H](O)CO)cc2)cc1)NC(=O)c1nc(Cl)c(N)nc1N. The highest BCUT2D eigenvalue weighted by Gasteiger charge is 2.34. The van der Waals surface area contributed by atoms with Gasteiger partial charge in [-0.05, 0) is 54.4 Å². The topological polar surface area (TPSA) is 377 Å². The van der Waals surface area contributed by atoms with Crippen molar-refractivity contribution in [2.24, 2.45) is 10.7 Å². The second-order valence-electron chi connectivity index (χ2n) is 14.6. The largest absolute Gasteiger partial charge is 0.466 e. The first-order valence-electron chi connectivity index (χ1n) is 19.9. The van der Waals surface area contributed by atoms with E-state index < -0.39 is 87.0 Å². The average molecular weight is 895 g/mol. The van der Waals surface area contributed by atoms with Gasteiger partial charge < -0.3 is 73.0 Å². The van der Waals surface area contributed by atoms with E-state index in [4.69, 9.17) is 43.8 Å². The summed E-state index contributed by atoms with van der Waals surface area (Å²) < 4.78 is 5.35. The Morgan fingerprint density at radius 1 is 0.710 bits per heavy atom. The van der Waals surface area contributed by atoms with Crippen molar-refractivity contribution in [3.05, 3.63) is 70.5 Å². The molecule has 2 aromatic carbocycles. The van der Waals surface area contributed by atoms with Gasteiger partial charge in [0.25, 0.3) is 5.91 Å². The number of nitrogen functional groups attached to an aromatic ring is 2. The van der Waals surface area contributed by atoms with Gasteiger partial charge in [0, 0.05) is 26.2 Å². The number of esters is 1. The second-order valence-corrected chi connectivity index (χ2v) is 15.0. The van der Waals surface area contributed by atoms with Crippen molar-refractivity contribution >= 4 is 41.1 Å². The lowest BCUT2D eigenvalue weighted by Gasteiger charge is -2.33. The standard InChI is InChI=1S/C40H59ClN8O13/c41-36-38(43)47-37(42)31(46-36)39(61)48-40(44)45-15-2-1-4-22-6-10-24(11-7-22)25-12-8-23(9-13-25)5-3-17-62-30(56)14-16-49(18-26(52)32(57)34(59)28(54)20-50)19-27(53)33(58)35(60)29(55)21-51/h6-13,26-29,32-35,50-55,57-60H,1-5,14-21H2,(H4,42,43,47)(H3,44,45,48,61)/t26-,27-,28+,29+,32+,33+,34+,35+/m0/s1. The molecule has 0 saturated heterocycles. The molecule has 3 rings (SSSR count). The maximum absolute atomic E-state index is 12.6. The number of benzene rings is 2. The average Bonchev–Trinajstić information content (AvgIpc) is 3.26. The zero-order chi connectivity index (χ0) is 45.9. The molecule has 62 heavy (non-hydrogen) atoms. The molecule has 344 valence electrons. The van der Waals surface area contributed by atoms with Crippen LogP contribution in [0.4, 0.5) is 11.6 Å². The van der Waals surface area contributed by atoms with Gasteiger partial charge in [-0.2, -0.15) is 0 Å². The predicted octanol–water partition coefficient (Wildman–Crippen LogP) is -2.93. The molecule has 21 nitrogen and oxygen atoms in total. The number of nitrogens with two attached hydrogens (primary N) is 3. The van der Waals surface area contributed by atoms with Crippen molar-refractivity contribution in [2.75, 3.05) is 57.5 Å². The lowest BCUT2D eigenvalue weighted by Crippen LogP contribution is -2.53. The lowest BCUT2D eigenvalue weighted by atomic mass is 10.00. The third-order valence-corrected chi connectivity index (χ3v) is 10.1. The molecule has 22 heteroatoms. The summed E-state index contributed by atoms with van der Waals surface area (Å²) in [5, 5.41) is 101. The molecule has 3 aromatic rings. The molecule has 0 radical (unpaired) electrons. The summed E-state index contributed by atoms with van der Waals surface area (Å²) in [6.07, 6.45) is -11.6. The molecule has 0 aliphatic rings. The number of carbonyl (C=O) groups excluding carboxylic acids is 2. The van der Waals surface area contributed by atoms with Gasteiger partial charge in [-0.1, -0.05) is 60.1 Å². The van der Waals surface area contributed by atoms with E-state index in [1.165, 1.54) is 4.90 Å². The number of unbranched alkanes of at least 4 members (excludes halogenated alkanes) is 1. The molecule has 1 heterocycles. The van der Waals surface area contributed by atoms with Crippen LogP contribution in [0.3, 0.4) is 0 Å². The van der Waals surface area contributed by atoms with Crippen molar-refractivity contribution in [1.29, 1.82) is 0 Å². The molecule has 0 aliphatic carbocycles. The highest BCUT2D eigenvalue weighted by molar-refractivity contribution is 6.31. The number of rotatable bonds is 26. The van der Waals surface area contributed by atoms with Gasteiger partial charge in [0.15, 0.2) is 28.4 Å². The van der Waals surface area contributed by atoms with E-state index >= 15 is 0 Å². The molecular weight excluding hydrogens is 836 g/mol. The Bertz CT molecular complexity index is 1830. The zero-order valence-corrected chi connectivity index (χ0v) is 34.8. The minimum atomic E-state index is -1.95. The van der Waals surface area contributed by atoms with Crippen LogP contribution in [-0.4, -0.2) is 179 Å². The summed E-state index contributed by atoms with van der Waals surface area (Å²) in [7, 11) is 0. The highest BCUT2D eigenvalue weighted by atomic mass is 35.5. The van der Waals surface area contributed by atoms with E-state index in [0.29, 0.717) is 19.4 Å². The summed E-state index contributed by atoms with van der Waals surface area (Å²) in [6, 6.07) is 16.1. The monoisotopic (exact) mass is 894 g/mol. The molecule has 1 amide bonds. The van der Waals surface area contributed by atoms with Crippen LogP contribution in [0.2, 0.25) is 5.15 Å². The van der Waals surface area contributed by atoms with Crippen molar-refractivity contribution < 1.29 is 65.4 Å². The number of hydrogen-bond acceptors (Lipinski definition) is 19.